The number of fused-ring (bicyclic) bond motifs is 1. The Morgan fingerprint density at radius 3 is 2.52 bits per heavy atom. The van der Waals surface area contributed by atoms with Crippen molar-refractivity contribution < 1.29 is 17.6 Å². The van der Waals surface area contributed by atoms with Gasteiger partial charge < -0.3 is 9.32 Å². The van der Waals surface area contributed by atoms with Gasteiger partial charge in [-0.15, -0.1) is 0 Å². The number of hydrogen-bond donors (Lipinski definition) is 1. The summed E-state index contributed by atoms with van der Waals surface area (Å²) in [5.74, 6) is 0.348. The number of nitrogens with zero attached hydrogens (tertiary/aromatic N) is 1. The van der Waals surface area contributed by atoms with Crippen LogP contribution in [0.5, 0.6) is 0 Å². The number of carbonyl (C=O) groups excluding carboxylic acids is 1. The second-order valence-corrected chi connectivity index (χ2v) is 9.04. The zero-order valence-electron chi connectivity index (χ0n) is 16.3. The highest BCUT2D eigenvalue weighted by Crippen LogP contribution is 2.33. The lowest BCUT2D eigenvalue weighted by molar-refractivity contribution is 0.0963. The monoisotopic (exact) mass is 410 g/mol. The van der Waals surface area contributed by atoms with E-state index in [1.54, 1.807) is 41.3 Å². The third-order valence-corrected chi connectivity index (χ3v) is 6.46. The van der Waals surface area contributed by atoms with E-state index in [4.69, 9.17) is 4.42 Å². The van der Waals surface area contributed by atoms with Gasteiger partial charge in [0.15, 0.2) is 5.76 Å². The molecule has 0 bridgehead atoms. The molecule has 0 radical (unpaired) electrons. The number of carbonyl (C=O) groups is 1. The van der Waals surface area contributed by atoms with E-state index >= 15 is 0 Å². The minimum absolute atomic E-state index is 0.200. The van der Waals surface area contributed by atoms with Crippen LogP contribution in [0, 0.1) is 0 Å². The van der Waals surface area contributed by atoms with Gasteiger partial charge in [-0.3, -0.25) is 9.52 Å². The Bertz CT molecular complexity index is 1130. The van der Waals surface area contributed by atoms with Crippen molar-refractivity contribution in [2.24, 2.45) is 0 Å². The fraction of sp³-hybridized carbons (Fsp3) is 0.227. The molecule has 0 spiro atoms. The number of furan rings is 1. The molecular formula is C22H22N2O4S. The molecule has 3 aromatic rings. The zero-order valence-corrected chi connectivity index (χ0v) is 17.1. The normalized spacial score (nSPS) is 13.6. The van der Waals surface area contributed by atoms with Gasteiger partial charge in [0, 0.05) is 12.2 Å². The maximum atomic E-state index is 12.8. The predicted octanol–water partition coefficient (Wildman–Crippen LogP) is 4.41. The van der Waals surface area contributed by atoms with Crippen LogP contribution in [0.3, 0.4) is 0 Å². The quantitative estimate of drug-likeness (QED) is 0.676. The topological polar surface area (TPSA) is 79.6 Å². The Balaban J connectivity index is 1.59. The Labute approximate surface area is 170 Å². The lowest BCUT2D eigenvalue weighted by Crippen LogP contribution is -2.28. The maximum absolute atomic E-state index is 12.8. The minimum atomic E-state index is -3.73. The lowest BCUT2D eigenvalue weighted by atomic mass is 10.0. The molecule has 1 aromatic heterocycles. The van der Waals surface area contributed by atoms with Crippen LogP contribution in [0.25, 0.3) is 0 Å². The number of amides is 1. The maximum Gasteiger partial charge on any atom is 0.293 e. The summed E-state index contributed by atoms with van der Waals surface area (Å²) in [6.45, 7) is 4.64. The highest BCUT2D eigenvalue weighted by Gasteiger charge is 2.28. The molecule has 7 heteroatoms. The van der Waals surface area contributed by atoms with E-state index in [-0.39, 0.29) is 16.6 Å². The van der Waals surface area contributed by atoms with E-state index in [2.05, 4.69) is 18.6 Å². The van der Waals surface area contributed by atoms with Crippen molar-refractivity contribution in [3.63, 3.8) is 0 Å². The third kappa shape index (κ3) is 3.78. The number of nitrogens with one attached hydrogen (secondary N) is 1. The predicted molar refractivity (Wildman–Crippen MR) is 112 cm³/mol. The van der Waals surface area contributed by atoms with E-state index < -0.39 is 10.0 Å². The molecule has 1 aliphatic heterocycles. The Hall–Kier alpha value is -3.06. The standard InChI is InChI=1S/C22H22N2O4S/c1-15(2)16-6-9-19(10-7-16)29(26,27)23-18-8-5-17-11-12-24(20(17)14-18)22(25)21-4-3-13-28-21/h3-10,13-15,23H,11-12H2,1-2H3. The summed E-state index contributed by atoms with van der Waals surface area (Å²) in [6, 6.07) is 15.4. The number of anilines is 2. The Morgan fingerprint density at radius 2 is 1.86 bits per heavy atom. The van der Waals surface area contributed by atoms with E-state index in [0.29, 0.717) is 30.3 Å². The summed E-state index contributed by atoms with van der Waals surface area (Å²) in [6.07, 6.45) is 2.17. The Kier molecular flexibility index (Phi) is 4.92. The number of hydrogen-bond acceptors (Lipinski definition) is 4. The first-order valence-corrected chi connectivity index (χ1v) is 10.9. The van der Waals surface area contributed by atoms with Gasteiger partial charge in [0.2, 0.25) is 0 Å². The van der Waals surface area contributed by atoms with Gasteiger partial charge in [-0.25, -0.2) is 8.42 Å². The first kappa shape index (κ1) is 19.3. The third-order valence-electron chi connectivity index (χ3n) is 5.07. The average Bonchev–Trinajstić information content (AvgIpc) is 3.37. The van der Waals surface area contributed by atoms with Crippen molar-refractivity contribution in [3.8, 4) is 0 Å². The number of sulfonamides is 1. The summed E-state index contributed by atoms with van der Waals surface area (Å²) in [5.41, 5.74) is 3.18. The van der Waals surface area contributed by atoms with Crippen LogP contribution in [0.1, 0.15) is 41.4 Å². The second-order valence-electron chi connectivity index (χ2n) is 7.36. The SMILES string of the molecule is CC(C)c1ccc(S(=O)(=O)Nc2ccc3c(c2)N(C(=O)c2ccco2)CC3)cc1. The molecule has 150 valence electrons. The first-order chi connectivity index (χ1) is 13.8. The van der Waals surface area contributed by atoms with Gasteiger partial charge in [0.1, 0.15) is 0 Å². The van der Waals surface area contributed by atoms with Crippen LogP contribution in [-0.4, -0.2) is 20.9 Å². The molecule has 2 heterocycles. The summed E-state index contributed by atoms with van der Waals surface area (Å²) in [4.78, 5) is 14.5. The van der Waals surface area contributed by atoms with E-state index in [0.717, 1.165) is 11.1 Å². The fourth-order valence-electron chi connectivity index (χ4n) is 3.43. The van der Waals surface area contributed by atoms with E-state index in [9.17, 15) is 13.2 Å². The molecule has 2 aromatic carbocycles. The summed E-state index contributed by atoms with van der Waals surface area (Å²) >= 11 is 0. The smallest absolute Gasteiger partial charge is 0.293 e. The van der Waals surface area contributed by atoms with Crippen LogP contribution in [0.15, 0.2) is 70.2 Å². The molecule has 1 aliphatic rings. The summed E-state index contributed by atoms with van der Waals surface area (Å²) < 4.78 is 33.4. The van der Waals surface area contributed by atoms with Crippen LogP contribution >= 0.6 is 0 Å². The minimum Gasteiger partial charge on any atom is -0.459 e. The lowest BCUT2D eigenvalue weighted by Gasteiger charge is -2.17. The van der Waals surface area contributed by atoms with Gasteiger partial charge in [-0.1, -0.05) is 32.0 Å². The molecule has 1 amide bonds. The molecule has 0 saturated heterocycles. The van der Waals surface area contributed by atoms with Crippen molar-refractivity contribution in [2.75, 3.05) is 16.2 Å². The molecule has 0 atom stereocenters. The molecular weight excluding hydrogens is 388 g/mol. The fourth-order valence-corrected chi connectivity index (χ4v) is 4.48. The molecule has 0 fully saturated rings. The largest absolute Gasteiger partial charge is 0.459 e. The molecule has 1 N–H and O–H groups in total. The zero-order chi connectivity index (χ0) is 20.6. The molecule has 0 aliphatic carbocycles. The van der Waals surface area contributed by atoms with Gasteiger partial charge >= 0.3 is 0 Å². The first-order valence-electron chi connectivity index (χ1n) is 9.46. The van der Waals surface area contributed by atoms with Crippen molar-refractivity contribution in [3.05, 3.63) is 77.7 Å². The second kappa shape index (κ2) is 7.40. The van der Waals surface area contributed by atoms with Crippen molar-refractivity contribution >= 4 is 27.3 Å². The van der Waals surface area contributed by atoms with Gasteiger partial charge in [-0.2, -0.15) is 0 Å². The van der Waals surface area contributed by atoms with Gasteiger partial charge in [0.05, 0.1) is 16.8 Å². The number of benzene rings is 2. The van der Waals surface area contributed by atoms with Crippen molar-refractivity contribution in [1.29, 1.82) is 0 Å². The molecule has 0 unspecified atom stereocenters. The van der Waals surface area contributed by atoms with Crippen LogP contribution in [0.4, 0.5) is 11.4 Å². The van der Waals surface area contributed by atoms with E-state index in [1.807, 2.05) is 18.2 Å². The van der Waals surface area contributed by atoms with Crippen LogP contribution in [0.2, 0.25) is 0 Å². The molecule has 0 saturated carbocycles. The van der Waals surface area contributed by atoms with Crippen LogP contribution in [-0.2, 0) is 16.4 Å². The van der Waals surface area contributed by atoms with Gasteiger partial charge in [0.25, 0.3) is 15.9 Å². The average molecular weight is 410 g/mol. The van der Waals surface area contributed by atoms with Crippen molar-refractivity contribution in [1.82, 2.24) is 0 Å². The van der Waals surface area contributed by atoms with E-state index in [1.165, 1.54) is 6.26 Å². The summed E-state index contributed by atoms with van der Waals surface area (Å²) in [7, 11) is -3.73. The molecule has 6 nitrogen and oxygen atoms in total. The number of rotatable bonds is 5. The highest BCUT2D eigenvalue weighted by atomic mass is 32.2. The van der Waals surface area contributed by atoms with Gasteiger partial charge in [-0.05, 0) is 59.9 Å². The highest BCUT2D eigenvalue weighted by molar-refractivity contribution is 7.92. The summed E-state index contributed by atoms with van der Waals surface area (Å²) in [5, 5.41) is 0. The van der Waals surface area contributed by atoms with Crippen molar-refractivity contribution in [2.45, 2.75) is 31.1 Å². The molecule has 4 rings (SSSR count). The Morgan fingerprint density at radius 1 is 1.10 bits per heavy atom. The molecule has 29 heavy (non-hydrogen) atoms. The van der Waals surface area contributed by atoms with Crippen LogP contribution < -0.4 is 9.62 Å².